The van der Waals surface area contributed by atoms with Gasteiger partial charge in [0.2, 0.25) is 0 Å². The van der Waals surface area contributed by atoms with Crippen LogP contribution in [-0.2, 0) is 11.2 Å². The molecular formula is C20H20ClN3O. The number of rotatable bonds is 6. The van der Waals surface area contributed by atoms with Crippen molar-refractivity contribution in [3.63, 3.8) is 0 Å². The fourth-order valence-corrected chi connectivity index (χ4v) is 2.46. The number of halogens is 1. The van der Waals surface area contributed by atoms with E-state index in [4.69, 9.17) is 11.6 Å². The summed E-state index contributed by atoms with van der Waals surface area (Å²) in [7, 11) is 0. The number of nitriles is 1. The molecule has 1 amide bonds. The molecule has 2 rings (SSSR count). The Labute approximate surface area is 153 Å². The number of nitrogens with zero attached hydrogens (tertiary/aromatic N) is 1. The molecule has 128 valence electrons. The van der Waals surface area contributed by atoms with Gasteiger partial charge in [-0.2, -0.15) is 5.26 Å². The van der Waals surface area contributed by atoms with Crippen LogP contribution in [0.5, 0.6) is 0 Å². The Hall–Kier alpha value is -2.77. The van der Waals surface area contributed by atoms with Crippen LogP contribution in [0.15, 0.2) is 54.2 Å². The van der Waals surface area contributed by atoms with Gasteiger partial charge >= 0.3 is 0 Å². The van der Waals surface area contributed by atoms with Crippen LogP contribution in [0.3, 0.4) is 0 Å². The summed E-state index contributed by atoms with van der Waals surface area (Å²) in [6.45, 7) is 4.52. The van der Waals surface area contributed by atoms with E-state index in [0.717, 1.165) is 23.1 Å². The number of nitrogens with one attached hydrogen (secondary N) is 2. The first kappa shape index (κ1) is 18.6. The maximum Gasteiger partial charge on any atom is 0.267 e. The van der Waals surface area contributed by atoms with E-state index >= 15 is 0 Å². The van der Waals surface area contributed by atoms with Crippen molar-refractivity contribution in [3.05, 3.63) is 76.0 Å². The molecule has 0 aliphatic rings. The largest absolute Gasteiger partial charge is 0.389 e. The van der Waals surface area contributed by atoms with Crippen LogP contribution in [0.2, 0.25) is 5.02 Å². The van der Waals surface area contributed by atoms with E-state index in [1.165, 1.54) is 6.20 Å². The Morgan fingerprint density at radius 1 is 1.20 bits per heavy atom. The molecule has 0 saturated heterocycles. The van der Waals surface area contributed by atoms with Crippen molar-refractivity contribution >= 4 is 23.2 Å². The van der Waals surface area contributed by atoms with Gasteiger partial charge in [-0.3, -0.25) is 4.79 Å². The van der Waals surface area contributed by atoms with E-state index in [2.05, 4.69) is 10.6 Å². The van der Waals surface area contributed by atoms with E-state index in [9.17, 15) is 10.1 Å². The lowest BCUT2D eigenvalue weighted by Gasteiger charge is -2.09. The molecule has 4 nitrogen and oxygen atoms in total. The van der Waals surface area contributed by atoms with Gasteiger partial charge in [0, 0.05) is 23.5 Å². The number of carbonyl (C=O) groups excluding carboxylic acids is 1. The zero-order valence-corrected chi connectivity index (χ0v) is 15.0. The van der Waals surface area contributed by atoms with Crippen LogP contribution >= 0.6 is 11.6 Å². The first-order chi connectivity index (χ1) is 12.0. The second-order valence-corrected chi connectivity index (χ2v) is 6.21. The fraction of sp³-hybridized carbons (Fsp3) is 0.200. The summed E-state index contributed by atoms with van der Waals surface area (Å²) in [4.78, 5) is 12.2. The molecule has 0 unspecified atom stereocenters. The van der Waals surface area contributed by atoms with Crippen LogP contribution < -0.4 is 10.6 Å². The summed E-state index contributed by atoms with van der Waals surface area (Å²) in [6, 6.07) is 15.2. The van der Waals surface area contributed by atoms with Gasteiger partial charge in [-0.25, -0.2) is 0 Å². The summed E-state index contributed by atoms with van der Waals surface area (Å²) in [5, 5.41) is 15.7. The van der Waals surface area contributed by atoms with E-state index < -0.39 is 5.91 Å². The molecule has 0 atom stereocenters. The zero-order chi connectivity index (χ0) is 18.2. The van der Waals surface area contributed by atoms with E-state index in [1.54, 1.807) is 0 Å². The third-order valence-corrected chi connectivity index (χ3v) is 3.96. The number of anilines is 1. The minimum atomic E-state index is -0.423. The standard InChI is InChI=1S/C20H20ClN3O/c1-14-3-8-19(15(2)11-14)24-20(25)17(12-22)13-23-10-9-16-4-6-18(21)7-5-16/h3-8,11,13,23H,9-10H2,1-2H3,(H,24,25)/b17-13-. The minimum Gasteiger partial charge on any atom is -0.389 e. The molecule has 0 fully saturated rings. The fourth-order valence-electron chi connectivity index (χ4n) is 2.33. The number of benzene rings is 2. The second kappa shape index (κ2) is 8.91. The van der Waals surface area contributed by atoms with Gasteiger partial charge in [0.05, 0.1) is 0 Å². The van der Waals surface area contributed by atoms with Crippen LogP contribution in [-0.4, -0.2) is 12.5 Å². The smallest absolute Gasteiger partial charge is 0.267 e. The molecule has 0 saturated carbocycles. The highest BCUT2D eigenvalue weighted by Crippen LogP contribution is 2.16. The third kappa shape index (κ3) is 5.66. The molecule has 5 heteroatoms. The lowest BCUT2D eigenvalue weighted by Crippen LogP contribution is -2.18. The lowest BCUT2D eigenvalue weighted by atomic mass is 10.1. The lowest BCUT2D eigenvalue weighted by molar-refractivity contribution is -0.112. The summed E-state index contributed by atoms with van der Waals surface area (Å²) in [5.74, 6) is -0.423. The Balaban J connectivity index is 1.91. The van der Waals surface area contributed by atoms with Crippen LogP contribution in [0, 0.1) is 25.2 Å². The topological polar surface area (TPSA) is 64.9 Å². The quantitative estimate of drug-likeness (QED) is 0.466. The summed E-state index contributed by atoms with van der Waals surface area (Å²) in [5.41, 5.74) is 3.95. The molecule has 0 spiro atoms. The maximum absolute atomic E-state index is 12.2. The van der Waals surface area contributed by atoms with Crippen LogP contribution in [0.25, 0.3) is 0 Å². The van der Waals surface area contributed by atoms with Crippen molar-refractivity contribution < 1.29 is 4.79 Å². The Morgan fingerprint density at radius 2 is 1.92 bits per heavy atom. The first-order valence-electron chi connectivity index (χ1n) is 7.96. The Morgan fingerprint density at radius 3 is 2.56 bits per heavy atom. The molecule has 2 aromatic rings. The predicted octanol–water partition coefficient (Wildman–Crippen LogP) is 4.14. The molecule has 0 radical (unpaired) electrons. The minimum absolute atomic E-state index is 0.0380. The summed E-state index contributed by atoms with van der Waals surface area (Å²) < 4.78 is 0. The second-order valence-electron chi connectivity index (χ2n) is 5.77. The third-order valence-electron chi connectivity index (χ3n) is 3.71. The zero-order valence-electron chi connectivity index (χ0n) is 14.3. The molecular weight excluding hydrogens is 334 g/mol. The maximum atomic E-state index is 12.2. The predicted molar refractivity (Wildman–Crippen MR) is 101 cm³/mol. The highest BCUT2D eigenvalue weighted by Gasteiger charge is 2.10. The average molecular weight is 354 g/mol. The number of hydrogen-bond donors (Lipinski definition) is 2. The first-order valence-corrected chi connectivity index (χ1v) is 8.34. The van der Waals surface area contributed by atoms with E-state index in [-0.39, 0.29) is 5.57 Å². The van der Waals surface area contributed by atoms with Gasteiger partial charge < -0.3 is 10.6 Å². The highest BCUT2D eigenvalue weighted by molar-refractivity contribution is 6.30. The van der Waals surface area contributed by atoms with Gasteiger partial charge in [0.1, 0.15) is 11.6 Å². The van der Waals surface area contributed by atoms with E-state index in [0.29, 0.717) is 17.3 Å². The van der Waals surface area contributed by atoms with Gasteiger partial charge in [-0.15, -0.1) is 0 Å². The van der Waals surface area contributed by atoms with Crippen molar-refractivity contribution in [1.82, 2.24) is 5.32 Å². The van der Waals surface area contributed by atoms with Gasteiger partial charge in [0.25, 0.3) is 5.91 Å². The summed E-state index contributed by atoms with van der Waals surface area (Å²) in [6.07, 6.45) is 2.22. The van der Waals surface area contributed by atoms with Crippen molar-refractivity contribution in [2.24, 2.45) is 0 Å². The molecule has 0 bridgehead atoms. The molecule has 2 N–H and O–H groups in total. The molecule has 0 heterocycles. The Kier molecular flexibility index (Phi) is 6.62. The van der Waals surface area contributed by atoms with Crippen molar-refractivity contribution in [2.45, 2.75) is 20.3 Å². The SMILES string of the molecule is Cc1ccc(NC(=O)/C(C#N)=C\NCCc2ccc(Cl)cc2)c(C)c1. The number of aryl methyl sites for hydroxylation is 2. The van der Waals surface area contributed by atoms with Gasteiger partial charge in [-0.05, 0) is 49.6 Å². The van der Waals surface area contributed by atoms with Crippen LogP contribution in [0.4, 0.5) is 5.69 Å². The normalized spacial score (nSPS) is 10.9. The molecule has 2 aromatic carbocycles. The Bertz CT molecular complexity index is 820. The number of hydrogen-bond acceptors (Lipinski definition) is 3. The highest BCUT2D eigenvalue weighted by atomic mass is 35.5. The van der Waals surface area contributed by atoms with Crippen molar-refractivity contribution in [1.29, 1.82) is 5.26 Å². The molecule has 0 aromatic heterocycles. The number of carbonyl (C=O) groups is 1. The van der Waals surface area contributed by atoms with Crippen molar-refractivity contribution in [3.8, 4) is 6.07 Å². The average Bonchev–Trinajstić information content (AvgIpc) is 2.59. The monoisotopic (exact) mass is 353 g/mol. The van der Waals surface area contributed by atoms with Gasteiger partial charge in [-0.1, -0.05) is 41.4 Å². The van der Waals surface area contributed by atoms with Crippen LogP contribution in [0.1, 0.15) is 16.7 Å². The molecule has 0 aliphatic carbocycles. The summed E-state index contributed by atoms with van der Waals surface area (Å²) >= 11 is 5.85. The van der Waals surface area contributed by atoms with E-state index in [1.807, 2.05) is 62.4 Å². The molecule has 25 heavy (non-hydrogen) atoms. The number of amides is 1. The van der Waals surface area contributed by atoms with Crippen molar-refractivity contribution in [2.75, 3.05) is 11.9 Å². The van der Waals surface area contributed by atoms with Gasteiger partial charge in [0.15, 0.2) is 0 Å². The molecule has 0 aliphatic heterocycles.